The lowest BCUT2D eigenvalue weighted by Crippen LogP contribution is -2.55. The zero-order valence-electron chi connectivity index (χ0n) is 21.3. The molecule has 0 aliphatic carbocycles. The molecule has 0 saturated carbocycles. The van der Waals surface area contributed by atoms with Crippen molar-refractivity contribution >= 4 is 29.1 Å². The van der Waals surface area contributed by atoms with E-state index in [1.165, 1.54) is 0 Å². The fraction of sp³-hybridized carbons (Fsp3) is 0.321. The number of hydrogen-bond donors (Lipinski definition) is 2. The average Bonchev–Trinajstić information content (AvgIpc) is 2.94. The van der Waals surface area contributed by atoms with E-state index in [1.54, 1.807) is 17.3 Å². The molecular weight excluding hydrogens is 531 g/mol. The summed E-state index contributed by atoms with van der Waals surface area (Å²) in [5.74, 6) is -0.689. The molecule has 1 saturated heterocycles. The van der Waals surface area contributed by atoms with Gasteiger partial charge in [0.2, 0.25) is 0 Å². The van der Waals surface area contributed by atoms with Crippen molar-refractivity contribution in [3.05, 3.63) is 82.6 Å². The standard InChI is InChI=1S/C28H29ClF3N5O2/c1-2-21-17-36(27(39)22-7-6-20(15-24(22)29)28(30,31)32)12-13-37(21)25-8-5-18(19-4-3-10-34-16-19)14-23(25)26(38)35-11-9-33/h3-8,10,14-16,21H,2,9,11-13,17,33H2,1H3,(H,35,38)/t21-/m1/s1. The van der Waals surface area contributed by atoms with E-state index in [4.69, 9.17) is 17.3 Å². The molecule has 11 heteroatoms. The maximum atomic E-state index is 13.2. The van der Waals surface area contributed by atoms with Gasteiger partial charge in [0.25, 0.3) is 11.8 Å². The van der Waals surface area contributed by atoms with Crippen LogP contribution in [0.3, 0.4) is 0 Å². The van der Waals surface area contributed by atoms with Gasteiger partial charge in [-0.3, -0.25) is 14.6 Å². The minimum Gasteiger partial charge on any atom is -0.364 e. The van der Waals surface area contributed by atoms with Gasteiger partial charge in [-0.15, -0.1) is 0 Å². The van der Waals surface area contributed by atoms with E-state index in [0.717, 1.165) is 35.0 Å². The molecule has 39 heavy (non-hydrogen) atoms. The van der Waals surface area contributed by atoms with Crippen molar-refractivity contribution < 1.29 is 22.8 Å². The molecular formula is C28H29ClF3N5O2. The van der Waals surface area contributed by atoms with Crippen molar-refractivity contribution in [2.45, 2.75) is 25.6 Å². The number of hydrogen-bond acceptors (Lipinski definition) is 5. The third-order valence-electron chi connectivity index (χ3n) is 6.74. The smallest absolute Gasteiger partial charge is 0.364 e. The van der Waals surface area contributed by atoms with Gasteiger partial charge >= 0.3 is 6.18 Å². The predicted molar refractivity (Wildman–Crippen MR) is 145 cm³/mol. The molecule has 7 nitrogen and oxygen atoms in total. The molecule has 0 spiro atoms. The molecule has 0 radical (unpaired) electrons. The summed E-state index contributed by atoms with van der Waals surface area (Å²) >= 11 is 6.09. The van der Waals surface area contributed by atoms with Gasteiger partial charge in [0.15, 0.2) is 0 Å². The highest BCUT2D eigenvalue weighted by Crippen LogP contribution is 2.34. The van der Waals surface area contributed by atoms with Crippen LogP contribution in [0.1, 0.15) is 39.6 Å². The summed E-state index contributed by atoms with van der Waals surface area (Å²) in [6.45, 7) is 3.65. The minimum atomic E-state index is -4.55. The molecule has 0 unspecified atom stereocenters. The average molecular weight is 560 g/mol. The molecule has 3 aromatic rings. The second kappa shape index (κ2) is 12.0. The zero-order valence-corrected chi connectivity index (χ0v) is 22.1. The van der Waals surface area contributed by atoms with E-state index in [-0.39, 0.29) is 22.5 Å². The second-order valence-electron chi connectivity index (χ2n) is 9.22. The number of piperazine rings is 1. The van der Waals surface area contributed by atoms with Crippen molar-refractivity contribution in [1.82, 2.24) is 15.2 Å². The third-order valence-corrected chi connectivity index (χ3v) is 7.06. The van der Waals surface area contributed by atoms with Gasteiger partial charge in [-0.05, 0) is 48.4 Å². The van der Waals surface area contributed by atoms with Crippen LogP contribution in [0.5, 0.6) is 0 Å². The van der Waals surface area contributed by atoms with Crippen molar-refractivity contribution in [3.8, 4) is 11.1 Å². The normalized spacial score (nSPS) is 15.8. The summed E-state index contributed by atoms with van der Waals surface area (Å²) in [5.41, 5.74) is 7.62. The molecule has 1 fully saturated rings. The van der Waals surface area contributed by atoms with Crippen LogP contribution in [-0.4, -0.2) is 60.5 Å². The number of aromatic nitrogens is 1. The molecule has 1 atom stereocenters. The van der Waals surface area contributed by atoms with Crippen LogP contribution < -0.4 is 16.0 Å². The number of nitrogens with zero attached hydrogens (tertiary/aromatic N) is 3. The summed E-state index contributed by atoms with van der Waals surface area (Å²) in [6, 6.07) is 12.0. The highest BCUT2D eigenvalue weighted by atomic mass is 35.5. The van der Waals surface area contributed by atoms with Gasteiger partial charge in [0, 0.05) is 62.4 Å². The van der Waals surface area contributed by atoms with Crippen LogP contribution >= 0.6 is 11.6 Å². The number of carbonyl (C=O) groups is 2. The lowest BCUT2D eigenvalue weighted by Gasteiger charge is -2.43. The van der Waals surface area contributed by atoms with E-state index >= 15 is 0 Å². The third kappa shape index (κ3) is 6.34. The monoisotopic (exact) mass is 559 g/mol. The van der Waals surface area contributed by atoms with Crippen molar-refractivity contribution in [3.63, 3.8) is 0 Å². The Kier molecular flexibility index (Phi) is 8.76. The first-order valence-electron chi connectivity index (χ1n) is 12.6. The number of benzene rings is 2. The van der Waals surface area contributed by atoms with E-state index in [0.29, 0.717) is 44.7 Å². The first-order valence-corrected chi connectivity index (χ1v) is 13.0. The van der Waals surface area contributed by atoms with Crippen molar-refractivity contribution in [1.29, 1.82) is 0 Å². The van der Waals surface area contributed by atoms with Crippen molar-refractivity contribution in [2.24, 2.45) is 5.73 Å². The SMILES string of the molecule is CC[C@@H]1CN(C(=O)c2ccc(C(F)(F)F)cc2Cl)CCN1c1ccc(-c2cccnc2)cc1C(=O)NCCN. The van der Waals surface area contributed by atoms with E-state index in [2.05, 4.69) is 15.2 Å². The summed E-state index contributed by atoms with van der Waals surface area (Å²) in [4.78, 5) is 34.3. The zero-order chi connectivity index (χ0) is 28.2. The largest absolute Gasteiger partial charge is 0.416 e. The maximum absolute atomic E-state index is 13.2. The quantitative estimate of drug-likeness (QED) is 0.432. The fourth-order valence-corrected chi connectivity index (χ4v) is 4.97. The lowest BCUT2D eigenvalue weighted by atomic mass is 9.99. The van der Waals surface area contributed by atoms with Crippen LogP contribution in [0.2, 0.25) is 5.02 Å². The van der Waals surface area contributed by atoms with Crippen LogP contribution in [0, 0.1) is 0 Å². The van der Waals surface area contributed by atoms with Gasteiger partial charge in [-0.2, -0.15) is 13.2 Å². The summed E-state index contributed by atoms with van der Waals surface area (Å²) < 4.78 is 39.1. The highest BCUT2D eigenvalue weighted by Gasteiger charge is 2.34. The summed E-state index contributed by atoms with van der Waals surface area (Å²) in [6.07, 6.45) is -0.483. The Balaban J connectivity index is 1.60. The molecule has 4 rings (SSSR count). The van der Waals surface area contributed by atoms with Gasteiger partial charge in [-0.25, -0.2) is 0 Å². The molecule has 2 heterocycles. The summed E-state index contributed by atoms with van der Waals surface area (Å²) in [7, 11) is 0. The minimum absolute atomic E-state index is 0.0237. The van der Waals surface area contributed by atoms with Crippen LogP contribution in [0.4, 0.5) is 18.9 Å². The number of pyridine rings is 1. The number of halogens is 4. The number of nitrogens with one attached hydrogen (secondary N) is 1. The van der Waals surface area contributed by atoms with Crippen molar-refractivity contribution in [2.75, 3.05) is 37.6 Å². The van der Waals surface area contributed by atoms with E-state index in [1.807, 2.05) is 37.3 Å². The Labute approximate surface area is 229 Å². The molecule has 2 amide bonds. The Hall–Kier alpha value is -3.63. The van der Waals surface area contributed by atoms with E-state index < -0.39 is 17.6 Å². The van der Waals surface area contributed by atoms with Crippen LogP contribution in [0.25, 0.3) is 11.1 Å². The lowest BCUT2D eigenvalue weighted by molar-refractivity contribution is -0.137. The first kappa shape index (κ1) is 28.4. The number of nitrogens with two attached hydrogens (primary N) is 1. The molecule has 2 aromatic carbocycles. The Morgan fingerprint density at radius 3 is 2.54 bits per heavy atom. The summed E-state index contributed by atoms with van der Waals surface area (Å²) in [5, 5.41) is 2.60. The molecule has 1 aliphatic heterocycles. The number of amides is 2. The number of carbonyl (C=O) groups excluding carboxylic acids is 2. The molecule has 0 bridgehead atoms. The Morgan fingerprint density at radius 2 is 1.90 bits per heavy atom. The number of rotatable bonds is 7. The first-order chi connectivity index (χ1) is 18.6. The van der Waals surface area contributed by atoms with Crippen LogP contribution in [-0.2, 0) is 6.18 Å². The van der Waals surface area contributed by atoms with Crippen LogP contribution in [0.15, 0.2) is 60.9 Å². The fourth-order valence-electron chi connectivity index (χ4n) is 4.70. The number of alkyl halides is 3. The Bertz CT molecular complexity index is 1340. The topological polar surface area (TPSA) is 91.6 Å². The predicted octanol–water partition coefficient (Wildman–Crippen LogP) is 4.85. The molecule has 1 aliphatic rings. The maximum Gasteiger partial charge on any atom is 0.416 e. The van der Waals surface area contributed by atoms with Gasteiger partial charge in [0.1, 0.15) is 0 Å². The van der Waals surface area contributed by atoms with E-state index in [9.17, 15) is 22.8 Å². The Morgan fingerprint density at radius 1 is 1.10 bits per heavy atom. The highest BCUT2D eigenvalue weighted by molar-refractivity contribution is 6.33. The molecule has 206 valence electrons. The molecule has 3 N–H and O–H groups in total. The van der Waals surface area contributed by atoms with Gasteiger partial charge in [0.05, 0.1) is 21.7 Å². The van der Waals surface area contributed by atoms with Gasteiger partial charge < -0.3 is 20.9 Å². The number of anilines is 1. The second-order valence-corrected chi connectivity index (χ2v) is 9.62. The molecule has 1 aromatic heterocycles. The van der Waals surface area contributed by atoms with Gasteiger partial charge in [-0.1, -0.05) is 30.7 Å².